The number of nitrogens with zero attached hydrogens (tertiary/aromatic N) is 1. The molecule has 0 atom stereocenters. The van der Waals surface area contributed by atoms with Crippen molar-refractivity contribution in [1.82, 2.24) is 14.6 Å². The Bertz CT molecular complexity index is 805. The third-order valence-electron chi connectivity index (χ3n) is 4.65. The minimum atomic E-state index is -3.87. The average Bonchev–Trinajstić information content (AvgIpc) is 2.89. The van der Waals surface area contributed by atoms with E-state index >= 15 is 0 Å². The molecule has 1 amide bonds. The number of ether oxygens (including phenoxy) is 1. The molecule has 2 heterocycles. The summed E-state index contributed by atoms with van der Waals surface area (Å²) in [5.41, 5.74) is 0.944. The maximum atomic E-state index is 13.2. The standard InChI is InChI=1S/C18H29N3O5S/c1-6-26-18(23)15-12(4)20-13(5)16(15)27(24,25)21-9-7-14(8-10-21)17(22)19-11(2)3/h11,14,20H,6-10H2,1-5H3,(H,19,22). The molecule has 1 aromatic heterocycles. The summed E-state index contributed by atoms with van der Waals surface area (Å²) in [6.45, 7) is 9.39. The second-order valence-corrected chi connectivity index (χ2v) is 9.02. The van der Waals surface area contributed by atoms with Crippen molar-refractivity contribution in [2.24, 2.45) is 5.92 Å². The molecule has 8 nitrogen and oxygen atoms in total. The zero-order chi connectivity index (χ0) is 20.4. The van der Waals surface area contributed by atoms with Crippen LogP contribution in [-0.4, -0.2) is 55.3 Å². The van der Waals surface area contributed by atoms with Crippen LogP contribution in [0.3, 0.4) is 0 Å². The minimum Gasteiger partial charge on any atom is -0.462 e. The van der Waals surface area contributed by atoms with Crippen LogP contribution in [0.2, 0.25) is 0 Å². The number of aromatic nitrogens is 1. The Morgan fingerprint density at radius 1 is 1.22 bits per heavy atom. The summed E-state index contributed by atoms with van der Waals surface area (Å²) in [6.07, 6.45) is 0.907. The molecule has 0 unspecified atom stereocenters. The highest BCUT2D eigenvalue weighted by Gasteiger charge is 2.37. The number of amides is 1. The third-order valence-corrected chi connectivity index (χ3v) is 6.72. The number of carbonyl (C=O) groups is 2. The van der Waals surface area contributed by atoms with Gasteiger partial charge < -0.3 is 15.0 Å². The Morgan fingerprint density at radius 2 is 1.81 bits per heavy atom. The Morgan fingerprint density at radius 3 is 2.33 bits per heavy atom. The molecule has 0 spiro atoms. The summed E-state index contributed by atoms with van der Waals surface area (Å²) in [5.74, 6) is -0.885. The highest BCUT2D eigenvalue weighted by Crippen LogP contribution is 2.30. The Balaban J connectivity index is 2.23. The summed E-state index contributed by atoms with van der Waals surface area (Å²) >= 11 is 0. The van der Waals surface area contributed by atoms with Gasteiger partial charge in [-0.15, -0.1) is 0 Å². The largest absolute Gasteiger partial charge is 0.462 e. The zero-order valence-corrected chi connectivity index (χ0v) is 17.4. The molecule has 1 aliphatic rings. The number of hydrogen-bond donors (Lipinski definition) is 2. The van der Waals surface area contributed by atoms with Crippen LogP contribution in [-0.2, 0) is 19.6 Å². The average molecular weight is 400 g/mol. The van der Waals surface area contributed by atoms with Gasteiger partial charge in [-0.2, -0.15) is 4.31 Å². The predicted molar refractivity (Wildman–Crippen MR) is 101 cm³/mol. The van der Waals surface area contributed by atoms with Crippen LogP contribution in [0.25, 0.3) is 0 Å². The molecule has 27 heavy (non-hydrogen) atoms. The molecule has 0 aliphatic carbocycles. The van der Waals surface area contributed by atoms with Crippen molar-refractivity contribution in [2.45, 2.75) is 58.4 Å². The number of nitrogens with one attached hydrogen (secondary N) is 2. The lowest BCUT2D eigenvalue weighted by atomic mass is 9.97. The summed E-state index contributed by atoms with van der Waals surface area (Å²) in [6, 6.07) is 0.0527. The molecule has 0 bridgehead atoms. The van der Waals surface area contributed by atoms with Crippen LogP contribution in [0.15, 0.2) is 4.90 Å². The first-order valence-electron chi connectivity index (χ1n) is 9.26. The lowest BCUT2D eigenvalue weighted by Crippen LogP contribution is -2.44. The van der Waals surface area contributed by atoms with E-state index in [0.29, 0.717) is 24.2 Å². The Labute approximate surface area is 160 Å². The van der Waals surface area contributed by atoms with Gasteiger partial charge in [0.1, 0.15) is 10.5 Å². The molecule has 0 saturated carbocycles. The summed E-state index contributed by atoms with van der Waals surface area (Å²) in [7, 11) is -3.87. The quantitative estimate of drug-likeness (QED) is 0.708. The van der Waals surface area contributed by atoms with Crippen LogP contribution in [0.5, 0.6) is 0 Å². The first-order valence-corrected chi connectivity index (χ1v) is 10.7. The maximum Gasteiger partial charge on any atom is 0.341 e. The van der Waals surface area contributed by atoms with Gasteiger partial charge in [0.05, 0.1) is 6.61 Å². The fraction of sp³-hybridized carbons (Fsp3) is 0.667. The second-order valence-electron chi connectivity index (χ2n) is 7.14. The van der Waals surface area contributed by atoms with Gasteiger partial charge in [-0.3, -0.25) is 4.79 Å². The number of sulfonamides is 1. The molecular weight excluding hydrogens is 370 g/mol. The molecule has 1 fully saturated rings. The molecule has 152 valence electrons. The van der Waals surface area contributed by atoms with Gasteiger partial charge in [0.15, 0.2) is 0 Å². The summed E-state index contributed by atoms with van der Waals surface area (Å²) < 4.78 is 32.8. The molecule has 2 N–H and O–H groups in total. The molecule has 0 radical (unpaired) electrons. The molecule has 2 rings (SSSR count). The van der Waals surface area contributed by atoms with E-state index in [2.05, 4.69) is 10.3 Å². The van der Waals surface area contributed by atoms with Gasteiger partial charge in [0.25, 0.3) is 0 Å². The maximum absolute atomic E-state index is 13.2. The third kappa shape index (κ3) is 4.52. The highest BCUT2D eigenvalue weighted by molar-refractivity contribution is 7.89. The van der Waals surface area contributed by atoms with Gasteiger partial charge in [-0.25, -0.2) is 13.2 Å². The molecule has 0 aromatic carbocycles. The number of carbonyl (C=O) groups excluding carboxylic acids is 2. The first kappa shape index (κ1) is 21.4. The van der Waals surface area contributed by atoms with E-state index in [1.807, 2.05) is 13.8 Å². The second kappa shape index (κ2) is 8.43. The van der Waals surface area contributed by atoms with Gasteiger partial charge in [-0.1, -0.05) is 0 Å². The number of H-pyrrole nitrogens is 1. The van der Waals surface area contributed by atoms with Gasteiger partial charge in [0, 0.05) is 36.4 Å². The van der Waals surface area contributed by atoms with E-state index in [-0.39, 0.29) is 48.0 Å². The van der Waals surface area contributed by atoms with Crippen molar-refractivity contribution in [3.63, 3.8) is 0 Å². The van der Waals surface area contributed by atoms with Crippen molar-refractivity contribution in [1.29, 1.82) is 0 Å². The normalized spacial score (nSPS) is 16.5. The van der Waals surface area contributed by atoms with Gasteiger partial charge in [0.2, 0.25) is 15.9 Å². The molecule has 1 aromatic rings. The monoisotopic (exact) mass is 399 g/mol. The topological polar surface area (TPSA) is 109 Å². The fourth-order valence-corrected chi connectivity index (χ4v) is 5.30. The number of rotatable bonds is 6. The SMILES string of the molecule is CCOC(=O)c1c(C)[nH]c(C)c1S(=O)(=O)N1CCC(C(=O)NC(C)C)CC1. The Hall–Kier alpha value is -1.87. The van der Waals surface area contributed by atoms with Crippen molar-refractivity contribution >= 4 is 21.9 Å². The predicted octanol–water partition coefficient (Wildman–Crippen LogP) is 1.73. The molecule has 1 saturated heterocycles. The highest BCUT2D eigenvalue weighted by atomic mass is 32.2. The minimum absolute atomic E-state index is 0.0245. The van der Waals surface area contributed by atoms with Crippen LogP contribution < -0.4 is 5.32 Å². The lowest BCUT2D eigenvalue weighted by molar-refractivity contribution is -0.126. The van der Waals surface area contributed by atoms with Crippen molar-refractivity contribution < 1.29 is 22.7 Å². The molecule has 9 heteroatoms. The van der Waals surface area contributed by atoms with Crippen LogP contribution in [0.4, 0.5) is 0 Å². The van der Waals surface area contributed by atoms with Crippen molar-refractivity contribution in [3.8, 4) is 0 Å². The summed E-state index contributed by atoms with van der Waals surface area (Å²) in [5, 5.41) is 2.88. The van der Waals surface area contributed by atoms with Crippen molar-refractivity contribution in [2.75, 3.05) is 19.7 Å². The first-order chi connectivity index (χ1) is 12.6. The van der Waals surface area contributed by atoms with E-state index < -0.39 is 16.0 Å². The van der Waals surface area contributed by atoms with Crippen LogP contribution >= 0.6 is 0 Å². The van der Waals surface area contributed by atoms with E-state index in [4.69, 9.17) is 4.74 Å². The Kier molecular flexibility index (Phi) is 6.69. The summed E-state index contributed by atoms with van der Waals surface area (Å²) in [4.78, 5) is 27.4. The number of hydrogen-bond acceptors (Lipinski definition) is 5. The number of esters is 1. The fourth-order valence-electron chi connectivity index (χ4n) is 3.42. The van der Waals surface area contributed by atoms with E-state index in [0.717, 1.165) is 0 Å². The zero-order valence-electron chi connectivity index (χ0n) is 16.6. The van der Waals surface area contributed by atoms with E-state index in [1.165, 1.54) is 4.31 Å². The number of piperidine rings is 1. The van der Waals surface area contributed by atoms with Gasteiger partial charge >= 0.3 is 5.97 Å². The van der Waals surface area contributed by atoms with Gasteiger partial charge in [-0.05, 0) is 47.5 Å². The van der Waals surface area contributed by atoms with Crippen molar-refractivity contribution in [3.05, 3.63) is 17.0 Å². The molecular formula is C18H29N3O5S. The van der Waals surface area contributed by atoms with E-state index in [1.54, 1.807) is 20.8 Å². The van der Waals surface area contributed by atoms with Crippen LogP contribution in [0.1, 0.15) is 55.4 Å². The smallest absolute Gasteiger partial charge is 0.341 e. The number of aryl methyl sites for hydroxylation is 2. The molecule has 1 aliphatic heterocycles. The number of aromatic amines is 1. The lowest BCUT2D eigenvalue weighted by Gasteiger charge is -2.31. The van der Waals surface area contributed by atoms with Crippen LogP contribution in [0, 0.1) is 19.8 Å². The van der Waals surface area contributed by atoms with E-state index in [9.17, 15) is 18.0 Å².